The normalized spacial score (nSPS) is 18.3. The van der Waals surface area contributed by atoms with Gasteiger partial charge in [-0.05, 0) is 36.5 Å². The Kier molecular flexibility index (Phi) is 3.84. The molecule has 1 N–H and O–H groups in total. The third-order valence-electron chi connectivity index (χ3n) is 3.98. The first kappa shape index (κ1) is 13.1. The lowest BCUT2D eigenvalue weighted by atomic mass is 9.96. The Balaban J connectivity index is 2.07. The van der Waals surface area contributed by atoms with E-state index in [1.807, 2.05) is 16.0 Å². The van der Waals surface area contributed by atoms with Crippen LogP contribution in [0.4, 0.5) is 0 Å². The number of nitrogens with zero attached hydrogens (tertiary/aromatic N) is 1. The highest BCUT2D eigenvalue weighted by Crippen LogP contribution is 2.26. The van der Waals surface area contributed by atoms with Crippen LogP contribution in [0.25, 0.3) is 10.2 Å². The van der Waals surface area contributed by atoms with Gasteiger partial charge in [0, 0.05) is 6.04 Å². The molecule has 2 aromatic rings. The number of fused-ring (bicyclic) bond motifs is 1. The van der Waals surface area contributed by atoms with Crippen LogP contribution >= 0.6 is 23.6 Å². The standard InChI is InChI=1S/C14H18N2OS2/c17-13-12-11(8-9-19-12)15-14(18)16(13)10-6-4-2-1-3-5-7-10/h8-10H,1-7H2,(H,15,18). The maximum atomic E-state index is 12.6. The second-order valence-corrected chi connectivity index (χ2v) is 6.57. The fourth-order valence-corrected chi connectivity index (χ4v) is 4.10. The Bertz CT molecular complexity index is 675. The summed E-state index contributed by atoms with van der Waals surface area (Å²) in [5.74, 6) is 0. The SMILES string of the molecule is O=c1c2sccc2[nH]c(=S)n1C1CCCCCCC1. The lowest BCUT2D eigenvalue weighted by Crippen LogP contribution is -2.26. The second kappa shape index (κ2) is 5.59. The molecule has 0 unspecified atom stereocenters. The maximum absolute atomic E-state index is 12.6. The number of hydrogen-bond donors (Lipinski definition) is 1. The van der Waals surface area contributed by atoms with E-state index in [2.05, 4.69) is 4.98 Å². The molecule has 3 rings (SSSR count). The van der Waals surface area contributed by atoms with Crippen LogP contribution in [0, 0.1) is 4.77 Å². The molecule has 3 nitrogen and oxygen atoms in total. The van der Waals surface area contributed by atoms with E-state index in [0.717, 1.165) is 23.1 Å². The molecule has 0 aromatic carbocycles. The minimum atomic E-state index is 0.0966. The van der Waals surface area contributed by atoms with Crippen molar-refractivity contribution >= 4 is 33.8 Å². The number of hydrogen-bond acceptors (Lipinski definition) is 3. The highest BCUT2D eigenvalue weighted by molar-refractivity contribution is 7.71. The van der Waals surface area contributed by atoms with Gasteiger partial charge in [0.25, 0.3) is 5.56 Å². The smallest absolute Gasteiger partial charge is 0.272 e. The van der Waals surface area contributed by atoms with Crippen molar-refractivity contribution in [1.29, 1.82) is 0 Å². The van der Waals surface area contributed by atoms with Crippen molar-refractivity contribution < 1.29 is 0 Å². The number of nitrogens with one attached hydrogen (secondary N) is 1. The maximum Gasteiger partial charge on any atom is 0.272 e. The number of aromatic amines is 1. The monoisotopic (exact) mass is 294 g/mol. The summed E-state index contributed by atoms with van der Waals surface area (Å²) < 4.78 is 3.22. The molecule has 2 aromatic heterocycles. The third-order valence-corrected chi connectivity index (χ3v) is 5.18. The first-order valence-electron chi connectivity index (χ1n) is 6.99. The van der Waals surface area contributed by atoms with E-state index in [0.29, 0.717) is 4.77 Å². The molecule has 1 saturated carbocycles. The van der Waals surface area contributed by atoms with Crippen molar-refractivity contribution in [2.75, 3.05) is 0 Å². The van der Waals surface area contributed by atoms with Crippen molar-refractivity contribution in [1.82, 2.24) is 9.55 Å². The molecule has 0 aliphatic heterocycles. The quantitative estimate of drug-likeness (QED) is 0.791. The van der Waals surface area contributed by atoms with Crippen LogP contribution in [0.3, 0.4) is 0 Å². The number of aromatic nitrogens is 2. The van der Waals surface area contributed by atoms with Crippen molar-refractivity contribution in [3.05, 3.63) is 26.6 Å². The van der Waals surface area contributed by atoms with E-state index in [-0.39, 0.29) is 11.6 Å². The van der Waals surface area contributed by atoms with Crippen LogP contribution < -0.4 is 5.56 Å². The zero-order valence-electron chi connectivity index (χ0n) is 10.9. The highest BCUT2D eigenvalue weighted by Gasteiger charge is 2.17. The van der Waals surface area contributed by atoms with E-state index < -0.39 is 0 Å². The Morgan fingerprint density at radius 1 is 1.21 bits per heavy atom. The third kappa shape index (κ3) is 2.54. The molecule has 5 heteroatoms. The highest BCUT2D eigenvalue weighted by atomic mass is 32.1. The molecular weight excluding hydrogens is 276 g/mol. The summed E-state index contributed by atoms with van der Waals surface area (Å²) in [6.45, 7) is 0. The summed E-state index contributed by atoms with van der Waals surface area (Å²) in [4.78, 5) is 15.8. The molecule has 0 saturated heterocycles. The largest absolute Gasteiger partial charge is 0.331 e. The molecule has 1 aliphatic carbocycles. The first-order chi connectivity index (χ1) is 9.27. The second-order valence-electron chi connectivity index (χ2n) is 5.27. The van der Waals surface area contributed by atoms with Crippen LogP contribution in [0.15, 0.2) is 16.2 Å². The average molecular weight is 294 g/mol. The van der Waals surface area contributed by atoms with Gasteiger partial charge in [0.15, 0.2) is 4.77 Å². The summed E-state index contributed by atoms with van der Waals surface area (Å²) in [5, 5.41) is 1.94. The summed E-state index contributed by atoms with van der Waals surface area (Å²) in [5.41, 5.74) is 0.974. The molecule has 0 spiro atoms. The summed E-state index contributed by atoms with van der Waals surface area (Å²) >= 11 is 6.90. The van der Waals surface area contributed by atoms with Crippen LogP contribution in [-0.2, 0) is 0 Å². The topological polar surface area (TPSA) is 37.8 Å². The molecule has 19 heavy (non-hydrogen) atoms. The predicted octanol–water partition coefficient (Wildman–Crippen LogP) is 4.41. The lowest BCUT2D eigenvalue weighted by Gasteiger charge is -2.22. The van der Waals surface area contributed by atoms with E-state index >= 15 is 0 Å². The van der Waals surface area contributed by atoms with E-state index in [1.54, 1.807) is 0 Å². The van der Waals surface area contributed by atoms with E-state index in [4.69, 9.17) is 12.2 Å². The van der Waals surface area contributed by atoms with Gasteiger partial charge >= 0.3 is 0 Å². The van der Waals surface area contributed by atoms with Gasteiger partial charge in [0.2, 0.25) is 0 Å². The minimum Gasteiger partial charge on any atom is -0.331 e. The van der Waals surface area contributed by atoms with Gasteiger partial charge in [0.05, 0.1) is 5.52 Å². The summed E-state index contributed by atoms with van der Waals surface area (Å²) in [6, 6.07) is 2.21. The zero-order chi connectivity index (χ0) is 13.2. The predicted molar refractivity (Wildman–Crippen MR) is 82.6 cm³/mol. The van der Waals surface area contributed by atoms with Gasteiger partial charge in [-0.1, -0.05) is 32.1 Å². The first-order valence-corrected chi connectivity index (χ1v) is 8.28. The lowest BCUT2D eigenvalue weighted by molar-refractivity contribution is 0.361. The van der Waals surface area contributed by atoms with Crippen molar-refractivity contribution in [2.45, 2.75) is 51.0 Å². The molecular formula is C14H18N2OS2. The Morgan fingerprint density at radius 3 is 2.63 bits per heavy atom. The van der Waals surface area contributed by atoms with Gasteiger partial charge in [-0.15, -0.1) is 11.3 Å². The number of thiophene rings is 1. The van der Waals surface area contributed by atoms with Crippen molar-refractivity contribution in [3.63, 3.8) is 0 Å². The summed E-state index contributed by atoms with van der Waals surface area (Å²) in [6.07, 6.45) is 8.45. The van der Waals surface area contributed by atoms with Gasteiger partial charge in [0.1, 0.15) is 4.70 Å². The molecule has 1 aliphatic rings. The van der Waals surface area contributed by atoms with Gasteiger partial charge in [-0.3, -0.25) is 9.36 Å². The number of H-pyrrole nitrogens is 1. The molecule has 0 amide bonds. The Morgan fingerprint density at radius 2 is 1.89 bits per heavy atom. The molecule has 0 radical (unpaired) electrons. The van der Waals surface area contributed by atoms with Crippen LogP contribution in [0.5, 0.6) is 0 Å². The van der Waals surface area contributed by atoms with Crippen molar-refractivity contribution in [3.8, 4) is 0 Å². The average Bonchev–Trinajstić information content (AvgIpc) is 2.79. The van der Waals surface area contributed by atoms with E-state index in [9.17, 15) is 4.79 Å². The Hall–Kier alpha value is -0.940. The molecule has 0 bridgehead atoms. The molecule has 102 valence electrons. The van der Waals surface area contributed by atoms with Gasteiger partial charge in [-0.25, -0.2) is 0 Å². The number of rotatable bonds is 1. The molecule has 1 fully saturated rings. The fraction of sp³-hybridized carbons (Fsp3) is 0.571. The fourth-order valence-electron chi connectivity index (χ4n) is 2.97. The summed E-state index contributed by atoms with van der Waals surface area (Å²) in [7, 11) is 0. The van der Waals surface area contributed by atoms with Crippen LogP contribution in [0.2, 0.25) is 0 Å². The van der Waals surface area contributed by atoms with Gasteiger partial charge in [-0.2, -0.15) is 0 Å². The van der Waals surface area contributed by atoms with E-state index in [1.165, 1.54) is 43.4 Å². The Labute approximate surface area is 121 Å². The molecule has 2 heterocycles. The molecule has 0 atom stereocenters. The van der Waals surface area contributed by atoms with Gasteiger partial charge < -0.3 is 4.98 Å². The zero-order valence-corrected chi connectivity index (χ0v) is 12.5. The van der Waals surface area contributed by atoms with Crippen LogP contribution in [-0.4, -0.2) is 9.55 Å². The minimum absolute atomic E-state index is 0.0966. The van der Waals surface area contributed by atoms with Crippen molar-refractivity contribution in [2.24, 2.45) is 0 Å². The van der Waals surface area contributed by atoms with Crippen LogP contribution in [0.1, 0.15) is 51.0 Å².